The zero-order chi connectivity index (χ0) is 15.0. The first-order valence-electron chi connectivity index (χ1n) is 8.06. The lowest BCUT2D eigenvalue weighted by Gasteiger charge is -2.42. The molecule has 1 aliphatic rings. The van der Waals surface area contributed by atoms with E-state index >= 15 is 0 Å². The summed E-state index contributed by atoms with van der Waals surface area (Å²) in [5.41, 5.74) is 0.297. The lowest BCUT2D eigenvalue weighted by molar-refractivity contribution is -0.143. The van der Waals surface area contributed by atoms with Gasteiger partial charge in [0.2, 0.25) is 0 Å². The molecule has 0 N–H and O–H groups in total. The second-order valence-corrected chi connectivity index (χ2v) is 6.62. The number of carbonyl (C=O) groups is 1. The van der Waals surface area contributed by atoms with Crippen molar-refractivity contribution in [3.05, 3.63) is 0 Å². The Hall–Kier alpha value is -0.610. The fourth-order valence-electron chi connectivity index (χ4n) is 2.66. The molecule has 4 nitrogen and oxygen atoms in total. The van der Waals surface area contributed by atoms with E-state index in [9.17, 15) is 4.79 Å². The third-order valence-corrected chi connectivity index (χ3v) is 3.98. The van der Waals surface area contributed by atoms with E-state index in [4.69, 9.17) is 4.74 Å². The van der Waals surface area contributed by atoms with Crippen molar-refractivity contribution in [1.29, 1.82) is 0 Å². The highest BCUT2D eigenvalue weighted by Crippen LogP contribution is 2.16. The van der Waals surface area contributed by atoms with Crippen LogP contribution in [0.1, 0.15) is 53.4 Å². The maximum absolute atomic E-state index is 11.2. The summed E-state index contributed by atoms with van der Waals surface area (Å²) in [6.45, 7) is 15.1. The summed E-state index contributed by atoms with van der Waals surface area (Å²) in [6, 6.07) is 0. The zero-order valence-corrected chi connectivity index (χ0v) is 13.8. The lowest BCUT2D eigenvalue weighted by Crippen LogP contribution is -2.53. The van der Waals surface area contributed by atoms with Gasteiger partial charge in [0.1, 0.15) is 0 Å². The summed E-state index contributed by atoms with van der Waals surface area (Å²) in [4.78, 5) is 16.3. The Morgan fingerprint density at radius 1 is 1.05 bits per heavy atom. The molecule has 1 rings (SSSR count). The molecule has 0 aromatic carbocycles. The Labute approximate surface area is 124 Å². The summed E-state index contributed by atoms with van der Waals surface area (Å²) in [6.07, 6.45) is 3.85. The predicted octanol–water partition coefficient (Wildman–Crippen LogP) is 2.53. The third kappa shape index (κ3) is 6.71. The van der Waals surface area contributed by atoms with Crippen molar-refractivity contribution in [1.82, 2.24) is 9.80 Å². The number of esters is 1. The predicted molar refractivity (Wildman–Crippen MR) is 82.9 cm³/mol. The van der Waals surface area contributed by atoms with Gasteiger partial charge in [-0.1, -0.05) is 6.42 Å². The van der Waals surface area contributed by atoms with Gasteiger partial charge in [-0.2, -0.15) is 0 Å². The quantitative estimate of drug-likeness (QED) is 0.531. The van der Waals surface area contributed by atoms with Gasteiger partial charge in [0.05, 0.1) is 6.61 Å². The Balaban J connectivity index is 2.03. The molecule has 0 saturated carbocycles. The molecule has 0 spiro atoms. The number of ether oxygens (including phenoxy) is 1. The summed E-state index contributed by atoms with van der Waals surface area (Å²) in [7, 11) is 0. The molecule has 0 aromatic rings. The van der Waals surface area contributed by atoms with Crippen LogP contribution < -0.4 is 0 Å². The van der Waals surface area contributed by atoms with Crippen molar-refractivity contribution in [3.63, 3.8) is 0 Å². The molecular weight excluding hydrogens is 252 g/mol. The maximum Gasteiger partial charge on any atom is 0.305 e. The first-order valence-corrected chi connectivity index (χ1v) is 8.06. The Bertz CT molecular complexity index is 279. The first-order chi connectivity index (χ1) is 9.43. The highest BCUT2D eigenvalue weighted by Gasteiger charge is 2.25. The van der Waals surface area contributed by atoms with Crippen LogP contribution in [0.2, 0.25) is 0 Å². The number of unbranched alkanes of at least 4 members (excludes halogenated alkanes) is 2. The number of piperazine rings is 1. The topological polar surface area (TPSA) is 32.8 Å². The molecule has 0 radical (unpaired) electrons. The van der Waals surface area contributed by atoms with Crippen LogP contribution in [0.5, 0.6) is 0 Å². The van der Waals surface area contributed by atoms with Gasteiger partial charge in [-0.3, -0.25) is 9.69 Å². The molecule has 0 amide bonds. The van der Waals surface area contributed by atoms with Crippen LogP contribution in [0.25, 0.3) is 0 Å². The molecule has 20 heavy (non-hydrogen) atoms. The highest BCUT2D eigenvalue weighted by molar-refractivity contribution is 5.69. The lowest BCUT2D eigenvalue weighted by atomic mass is 10.0. The summed E-state index contributed by atoms with van der Waals surface area (Å²) < 4.78 is 4.93. The van der Waals surface area contributed by atoms with E-state index < -0.39 is 0 Å². The van der Waals surface area contributed by atoms with Gasteiger partial charge in [0.15, 0.2) is 0 Å². The van der Waals surface area contributed by atoms with Gasteiger partial charge in [-0.25, -0.2) is 0 Å². The average molecular weight is 284 g/mol. The summed E-state index contributed by atoms with van der Waals surface area (Å²) in [5, 5.41) is 0. The highest BCUT2D eigenvalue weighted by atomic mass is 16.5. The van der Waals surface area contributed by atoms with Crippen molar-refractivity contribution >= 4 is 5.97 Å². The van der Waals surface area contributed by atoms with Crippen molar-refractivity contribution in [2.75, 3.05) is 39.3 Å². The van der Waals surface area contributed by atoms with Crippen molar-refractivity contribution in [2.45, 2.75) is 58.9 Å². The molecule has 1 saturated heterocycles. The minimum atomic E-state index is -0.0497. The molecule has 4 heteroatoms. The summed E-state index contributed by atoms with van der Waals surface area (Å²) >= 11 is 0. The van der Waals surface area contributed by atoms with E-state index in [-0.39, 0.29) is 5.97 Å². The number of hydrogen-bond donors (Lipinski definition) is 0. The minimum absolute atomic E-state index is 0.0497. The molecule has 0 aliphatic carbocycles. The molecule has 1 fully saturated rings. The van der Waals surface area contributed by atoms with Crippen LogP contribution >= 0.6 is 0 Å². The monoisotopic (exact) mass is 284 g/mol. The van der Waals surface area contributed by atoms with E-state index in [2.05, 4.69) is 30.6 Å². The van der Waals surface area contributed by atoms with Crippen LogP contribution in [0.4, 0.5) is 0 Å². The van der Waals surface area contributed by atoms with E-state index in [1.54, 1.807) is 0 Å². The van der Waals surface area contributed by atoms with Crippen molar-refractivity contribution < 1.29 is 9.53 Å². The van der Waals surface area contributed by atoms with E-state index in [0.29, 0.717) is 18.6 Å². The molecule has 0 bridgehead atoms. The average Bonchev–Trinajstić information content (AvgIpc) is 2.38. The van der Waals surface area contributed by atoms with Crippen LogP contribution in [-0.2, 0) is 9.53 Å². The van der Waals surface area contributed by atoms with Crippen LogP contribution in [-0.4, -0.2) is 60.6 Å². The van der Waals surface area contributed by atoms with Crippen LogP contribution in [0.15, 0.2) is 0 Å². The van der Waals surface area contributed by atoms with Gasteiger partial charge in [0, 0.05) is 38.1 Å². The summed E-state index contributed by atoms with van der Waals surface area (Å²) in [5.74, 6) is -0.0497. The molecule has 0 aromatic heterocycles. The first kappa shape index (κ1) is 17.4. The molecule has 1 aliphatic heterocycles. The second kappa shape index (κ2) is 8.63. The fourth-order valence-corrected chi connectivity index (χ4v) is 2.66. The zero-order valence-electron chi connectivity index (χ0n) is 13.8. The number of rotatable bonds is 7. The molecule has 0 atom stereocenters. The standard InChI is InChI=1S/C16H32N2O2/c1-5-20-15(19)9-7-6-8-10-17-11-13-18(14-12-17)16(2,3)4/h5-14H2,1-4H3. The van der Waals surface area contributed by atoms with E-state index in [1.165, 1.54) is 39.1 Å². The molecule has 1 heterocycles. The number of carbonyl (C=O) groups excluding carboxylic acids is 1. The van der Waals surface area contributed by atoms with Gasteiger partial charge >= 0.3 is 5.97 Å². The molecule has 118 valence electrons. The van der Waals surface area contributed by atoms with Crippen molar-refractivity contribution in [2.24, 2.45) is 0 Å². The maximum atomic E-state index is 11.2. The van der Waals surface area contributed by atoms with Crippen LogP contribution in [0.3, 0.4) is 0 Å². The Kier molecular flexibility index (Phi) is 7.52. The van der Waals surface area contributed by atoms with Gasteiger partial charge in [0.25, 0.3) is 0 Å². The van der Waals surface area contributed by atoms with E-state index in [1.807, 2.05) is 6.92 Å². The fraction of sp³-hybridized carbons (Fsp3) is 0.938. The van der Waals surface area contributed by atoms with Crippen molar-refractivity contribution in [3.8, 4) is 0 Å². The largest absolute Gasteiger partial charge is 0.466 e. The molecule has 0 unspecified atom stereocenters. The van der Waals surface area contributed by atoms with Crippen LogP contribution in [0, 0.1) is 0 Å². The van der Waals surface area contributed by atoms with Gasteiger partial charge in [-0.05, 0) is 47.1 Å². The third-order valence-electron chi connectivity index (χ3n) is 3.98. The normalized spacial score (nSPS) is 18.2. The number of nitrogens with zero attached hydrogens (tertiary/aromatic N) is 2. The Morgan fingerprint density at radius 2 is 1.70 bits per heavy atom. The smallest absolute Gasteiger partial charge is 0.305 e. The van der Waals surface area contributed by atoms with Gasteiger partial charge < -0.3 is 9.64 Å². The number of hydrogen-bond acceptors (Lipinski definition) is 4. The minimum Gasteiger partial charge on any atom is -0.466 e. The Morgan fingerprint density at radius 3 is 2.25 bits per heavy atom. The van der Waals surface area contributed by atoms with Gasteiger partial charge in [-0.15, -0.1) is 0 Å². The molecular formula is C16H32N2O2. The SMILES string of the molecule is CCOC(=O)CCCCCN1CCN(C(C)(C)C)CC1. The van der Waals surface area contributed by atoms with E-state index in [0.717, 1.165) is 12.8 Å². The second-order valence-electron chi connectivity index (χ2n) is 6.62.